The van der Waals surface area contributed by atoms with Crippen molar-refractivity contribution in [1.29, 1.82) is 0 Å². The van der Waals surface area contributed by atoms with Crippen LogP contribution in [0.25, 0.3) is 0 Å². The summed E-state index contributed by atoms with van der Waals surface area (Å²) in [6.45, 7) is 3.76. The molecule has 1 fully saturated rings. The average Bonchev–Trinajstić information content (AvgIpc) is 2.49. The van der Waals surface area contributed by atoms with E-state index < -0.39 is 0 Å². The largest absolute Gasteiger partial charge is 0.299 e. The zero-order valence-corrected chi connectivity index (χ0v) is 10.4. The fraction of sp³-hybridized carbons (Fsp3) is 0.833. The molecule has 0 aromatic carbocycles. The molecule has 2 unspecified atom stereocenters. The predicted molar refractivity (Wildman–Crippen MR) is 63.9 cm³/mol. The Kier molecular flexibility index (Phi) is 5.37. The third-order valence-corrected chi connectivity index (χ3v) is 4.17. The summed E-state index contributed by atoms with van der Waals surface area (Å²) in [5.41, 5.74) is 0. The minimum atomic E-state index is 0.148. The molecule has 0 heterocycles. The number of rotatable bonds is 5. The molecule has 2 nitrogen and oxygen atoms in total. The number of Topliss-reactive ketones (excluding diaryl/α,β-unsaturated/α-hetero) is 1. The van der Waals surface area contributed by atoms with E-state index >= 15 is 0 Å². The number of hydrogen-bond donors (Lipinski definition) is 0. The van der Waals surface area contributed by atoms with E-state index in [0.29, 0.717) is 12.2 Å². The first-order valence-electron chi connectivity index (χ1n) is 5.85. The molecule has 2 atom stereocenters. The van der Waals surface area contributed by atoms with Gasteiger partial charge in [0.05, 0.1) is 0 Å². The number of unbranched alkanes of at least 4 members (excludes halogenated alkanes) is 2. The Morgan fingerprint density at radius 1 is 1.47 bits per heavy atom. The van der Waals surface area contributed by atoms with Gasteiger partial charge in [0.2, 0.25) is 0 Å². The molecule has 0 aromatic heterocycles. The molecular weight excluding hydrogens is 208 g/mol. The molecule has 0 aromatic rings. The van der Waals surface area contributed by atoms with Gasteiger partial charge in [-0.15, -0.1) is 0 Å². The Morgan fingerprint density at radius 2 is 2.20 bits per heavy atom. The van der Waals surface area contributed by atoms with Crippen molar-refractivity contribution >= 4 is 22.7 Å². The van der Waals surface area contributed by atoms with Crippen LogP contribution in [0.3, 0.4) is 0 Å². The van der Waals surface area contributed by atoms with E-state index in [2.05, 4.69) is 6.92 Å². The molecule has 3 heteroatoms. The molecule has 1 saturated carbocycles. The van der Waals surface area contributed by atoms with Crippen molar-refractivity contribution in [2.75, 3.05) is 0 Å². The van der Waals surface area contributed by atoms with Gasteiger partial charge in [-0.05, 0) is 12.8 Å². The summed E-state index contributed by atoms with van der Waals surface area (Å²) in [4.78, 5) is 22.7. The number of ketones is 1. The van der Waals surface area contributed by atoms with Crippen LogP contribution in [0.4, 0.5) is 0 Å². The molecule has 0 radical (unpaired) electrons. The van der Waals surface area contributed by atoms with Gasteiger partial charge in [-0.25, -0.2) is 0 Å². The van der Waals surface area contributed by atoms with Gasteiger partial charge in [-0.3, -0.25) is 9.59 Å². The Morgan fingerprint density at radius 3 is 2.80 bits per heavy atom. The molecule has 1 rings (SSSR count). The third kappa shape index (κ3) is 3.98. The van der Waals surface area contributed by atoms with E-state index in [-0.39, 0.29) is 16.3 Å². The first-order valence-corrected chi connectivity index (χ1v) is 6.73. The van der Waals surface area contributed by atoms with Crippen LogP contribution < -0.4 is 0 Å². The lowest BCUT2D eigenvalue weighted by Crippen LogP contribution is -2.17. The van der Waals surface area contributed by atoms with Crippen molar-refractivity contribution in [3.05, 3.63) is 0 Å². The van der Waals surface area contributed by atoms with Crippen LogP contribution in [0.2, 0.25) is 0 Å². The maximum absolute atomic E-state index is 11.6. The SMILES string of the molecule is CCCCCC1C(=O)CCC1SC(C)=O. The quantitative estimate of drug-likeness (QED) is 0.678. The van der Waals surface area contributed by atoms with E-state index in [4.69, 9.17) is 0 Å². The third-order valence-electron chi connectivity index (χ3n) is 2.97. The summed E-state index contributed by atoms with van der Waals surface area (Å²) in [7, 11) is 0. The lowest BCUT2D eigenvalue weighted by Gasteiger charge is -2.15. The van der Waals surface area contributed by atoms with E-state index in [1.807, 2.05) is 0 Å². The van der Waals surface area contributed by atoms with Gasteiger partial charge in [-0.2, -0.15) is 0 Å². The van der Waals surface area contributed by atoms with Crippen molar-refractivity contribution in [2.45, 2.75) is 57.6 Å². The van der Waals surface area contributed by atoms with Crippen LogP contribution in [0.15, 0.2) is 0 Å². The molecule has 0 spiro atoms. The zero-order chi connectivity index (χ0) is 11.3. The van der Waals surface area contributed by atoms with Crippen LogP contribution in [-0.2, 0) is 9.59 Å². The van der Waals surface area contributed by atoms with Crippen LogP contribution in [0, 0.1) is 5.92 Å². The topological polar surface area (TPSA) is 34.1 Å². The molecule has 0 bridgehead atoms. The fourth-order valence-corrected chi connectivity index (χ4v) is 3.31. The number of thioether (sulfide) groups is 1. The Labute approximate surface area is 96.2 Å². The Bertz CT molecular complexity index is 238. The highest BCUT2D eigenvalue weighted by Crippen LogP contribution is 2.36. The maximum atomic E-state index is 11.6. The number of carbonyl (C=O) groups is 2. The standard InChI is InChI=1S/C12H20O2S/c1-3-4-5-6-10-11(14)7-8-12(10)15-9(2)13/h10,12H,3-8H2,1-2H3. The second kappa shape index (κ2) is 6.31. The van der Waals surface area contributed by atoms with Gasteiger partial charge in [0.25, 0.3) is 0 Å². The minimum Gasteiger partial charge on any atom is -0.299 e. The highest BCUT2D eigenvalue weighted by molar-refractivity contribution is 8.14. The lowest BCUT2D eigenvalue weighted by atomic mass is 9.99. The van der Waals surface area contributed by atoms with Crippen LogP contribution >= 0.6 is 11.8 Å². The van der Waals surface area contributed by atoms with E-state index in [1.54, 1.807) is 6.92 Å². The molecule has 0 saturated heterocycles. The predicted octanol–water partition coefficient (Wildman–Crippen LogP) is 3.19. The second-order valence-electron chi connectivity index (χ2n) is 4.26. The van der Waals surface area contributed by atoms with Gasteiger partial charge >= 0.3 is 0 Å². The van der Waals surface area contributed by atoms with Crippen LogP contribution in [0.1, 0.15) is 52.4 Å². The maximum Gasteiger partial charge on any atom is 0.186 e. The lowest BCUT2D eigenvalue weighted by molar-refractivity contribution is -0.120. The first-order chi connectivity index (χ1) is 7.15. The van der Waals surface area contributed by atoms with Crippen LogP contribution in [-0.4, -0.2) is 16.1 Å². The highest BCUT2D eigenvalue weighted by Gasteiger charge is 2.35. The van der Waals surface area contributed by atoms with E-state index in [0.717, 1.165) is 19.3 Å². The van der Waals surface area contributed by atoms with Crippen molar-refractivity contribution in [3.63, 3.8) is 0 Å². The monoisotopic (exact) mass is 228 g/mol. The number of carbonyl (C=O) groups excluding carboxylic acids is 2. The van der Waals surface area contributed by atoms with Gasteiger partial charge in [0.15, 0.2) is 5.12 Å². The Balaban J connectivity index is 2.41. The van der Waals surface area contributed by atoms with Crippen molar-refractivity contribution in [2.24, 2.45) is 5.92 Å². The molecule has 1 aliphatic carbocycles. The minimum absolute atomic E-state index is 0.148. The smallest absolute Gasteiger partial charge is 0.186 e. The number of hydrogen-bond acceptors (Lipinski definition) is 3. The Hall–Kier alpha value is -0.310. The molecule has 1 aliphatic rings. The normalized spacial score (nSPS) is 25.9. The summed E-state index contributed by atoms with van der Waals surface area (Å²) in [5.74, 6) is 0.537. The highest BCUT2D eigenvalue weighted by atomic mass is 32.2. The van der Waals surface area contributed by atoms with Gasteiger partial charge in [-0.1, -0.05) is 37.9 Å². The molecule has 86 valence electrons. The zero-order valence-electron chi connectivity index (χ0n) is 9.62. The first kappa shape index (κ1) is 12.8. The molecule has 0 aliphatic heterocycles. The molecule has 15 heavy (non-hydrogen) atoms. The van der Waals surface area contributed by atoms with Crippen LogP contribution in [0.5, 0.6) is 0 Å². The molecular formula is C12H20O2S. The second-order valence-corrected chi connectivity index (χ2v) is 5.67. The van der Waals surface area contributed by atoms with Crippen molar-refractivity contribution in [3.8, 4) is 0 Å². The van der Waals surface area contributed by atoms with Gasteiger partial charge in [0, 0.05) is 24.5 Å². The fourth-order valence-electron chi connectivity index (χ4n) is 2.19. The van der Waals surface area contributed by atoms with Gasteiger partial charge < -0.3 is 0 Å². The van der Waals surface area contributed by atoms with E-state index in [9.17, 15) is 9.59 Å². The van der Waals surface area contributed by atoms with E-state index in [1.165, 1.54) is 24.6 Å². The summed E-state index contributed by atoms with van der Waals surface area (Å²) in [5, 5.41) is 0.419. The molecule has 0 amide bonds. The van der Waals surface area contributed by atoms with Gasteiger partial charge in [0.1, 0.15) is 5.78 Å². The summed E-state index contributed by atoms with van der Waals surface area (Å²) >= 11 is 1.37. The molecule has 0 N–H and O–H groups in total. The average molecular weight is 228 g/mol. The van der Waals surface area contributed by atoms with Crippen molar-refractivity contribution in [1.82, 2.24) is 0 Å². The summed E-state index contributed by atoms with van der Waals surface area (Å²) < 4.78 is 0. The van der Waals surface area contributed by atoms with Crippen molar-refractivity contribution < 1.29 is 9.59 Å². The summed E-state index contributed by atoms with van der Waals surface area (Å²) in [6.07, 6.45) is 6.08. The summed E-state index contributed by atoms with van der Waals surface area (Å²) in [6, 6.07) is 0.